The molecule has 5 rings (SSSR count). The van der Waals surface area contributed by atoms with Gasteiger partial charge in [-0.15, -0.1) is 0 Å². The summed E-state index contributed by atoms with van der Waals surface area (Å²) in [6, 6.07) is 0.241. The number of nitrogens with zero attached hydrogens (tertiary/aromatic N) is 3. The van der Waals surface area contributed by atoms with Gasteiger partial charge in [0.05, 0.1) is 5.39 Å². The Balaban J connectivity index is 1.40. The number of carbonyl (C=O) groups excluding carboxylic acids is 1. The minimum atomic E-state index is -2.51. The first-order valence-electron chi connectivity index (χ1n) is 10.7. The summed E-state index contributed by atoms with van der Waals surface area (Å²) in [4.78, 5) is 26.0. The van der Waals surface area contributed by atoms with Crippen molar-refractivity contribution in [1.29, 1.82) is 0 Å². The SMILES string of the molecule is C=CC(=O)N1C[C@H](Nc2ncnc3[nH]cc([C@H]4CC[C@]5(C4)CC5(F)F)c23)CC[C@@H]1C. The predicted octanol–water partition coefficient (Wildman–Crippen LogP) is 4.23. The molecule has 1 spiro atoms. The van der Waals surface area contributed by atoms with Crippen molar-refractivity contribution in [2.75, 3.05) is 11.9 Å². The summed E-state index contributed by atoms with van der Waals surface area (Å²) >= 11 is 0. The molecule has 2 aromatic rings. The molecule has 3 heterocycles. The van der Waals surface area contributed by atoms with Gasteiger partial charge in [0.15, 0.2) is 0 Å². The fraction of sp³-hybridized carbons (Fsp3) is 0.591. The van der Waals surface area contributed by atoms with Crippen LogP contribution in [0, 0.1) is 5.41 Å². The van der Waals surface area contributed by atoms with E-state index < -0.39 is 11.3 Å². The topological polar surface area (TPSA) is 73.9 Å². The summed E-state index contributed by atoms with van der Waals surface area (Å²) in [6.07, 6.45) is 8.47. The van der Waals surface area contributed by atoms with Gasteiger partial charge >= 0.3 is 0 Å². The summed E-state index contributed by atoms with van der Waals surface area (Å²) in [6.45, 7) is 6.24. The minimum absolute atomic E-state index is 0.0217. The maximum absolute atomic E-state index is 13.9. The van der Waals surface area contributed by atoms with Crippen LogP contribution < -0.4 is 5.32 Å². The maximum atomic E-state index is 13.9. The Morgan fingerprint density at radius 3 is 2.87 bits per heavy atom. The minimum Gasteiger partial charge on any atom is -0.365 e. The quantitative estimate of drug-likeness (QED) is 0.733. The third-order valence-corrected chi connectivity index (χ3v) is 7.44. The van der Waals surface area contributed by atoms with E-state index >= 15 is 0 Å². The van der Waals surface area contributed by atoms with Crippen molar-refractivity contribution in [3.05, 3.63) is 30.7 Å². The van der Waals surface area contributed by atoms with Crippen LogP contribution in [0.25, 0.3) is 11.0 Å². The van der Waals surface area contributed by atoms with Crippen molar-refractivity contribution in [2.24, 2.45) is 5.41 Å². The molecule has 0 radical (unpaired) electrons. The van der Waals surface area contributed by atoms with Crippen LogP contribution in [-0.4, -0.2) is 50.3 Å². The first-order valence-corrected chi connectivity index (χ1v) is 10.7. The zero-order valence-corrected chi connectivity index (χ0v) is 17.1. The molecule has 2 aliphatic carbocycles. The number of fused-ring (bicyclic) bond motifs is 1. The number of piperidine rings is 1. The molecule has 6 nitrogen and oxygen atoms in total. The van der Waals surface area contributed by atoms with Crippen molar-refractivity contribution in [1.82, 2.24) is 19.9 Å². The van der Waals surface area contributed by atoms with Crippen LogP contribution in [0.3, 0.4) is 0 Å². The molecule has 1 aliphatic heterocycles. The molecule has 30 heavy (non-hydrogen) atoms. The number of aromatic amines is 1. The van der Waals surface area contributed by atoms with Crippen molar-refractivity contribution >= 4 is 22.8 Å². The van der Waals surface area contributed by atoms with Crippen LogP contribution in [0.5, 0.6) is 0 Å². The average Bonchev–Trinajstić information content (AvgIpc) is 3.10. The number of aromatic nitrogens is 3. The van der Waals surface area contributed by atoms with Gasteiger partial charge < -0.3 is 15.2 Å². The van der Waals surface area contributed by atoms with Gasteiger partial charge in [-0.25, -0.2) is 18.7 Å². The standard InChI is InChI=1S/C22H27F2N5O/c1-3-17(30)29-10-15(5-4-13(29)2)28-20-18-16(9-25-19(18)26-12-27-20)14-6-7-21(8-14)11-22(21,23)24/h3,9,12-15H,1,4-8,10-11H2,2H3,(H2,25,26,27,28)/t13-,14-,15+,21-/m0/s1. The number of hydrogen-bond donors (Lipinski definition) is 2. The molecule has 0 bridgehead atoms. The summed E-state index contributed by atoms with van der Waals surface area (Å²) in [5.74, 6) is -1.77. The fourth-order valence-corrected chi connectivity index (χ4v) is 5.53. The molecule has 3 fully saturated rings. The van der Waals surface area contributed by atoms with E-state index in [0.29, 0.717) is 30.9 Å². The van der Waals surface area contributed by atoms with Crippen molar-refractivity contribution < 1.29 is 13.6 Å². The second-order valence-corrected chi connectivity index (χ2v) is 9.25. The monoisotopic (exact) mass is 415 g/mol. The van der Waals surface area contributed by atoms with Crippen LogP contribution in [-0.2, 0) is 4.79 Å². The number of likely N-dealkylation sites (tertiary alicyclic amines) is 1. The number of hydrogen-bond acceptors (Lipinski definition) is 4. The zero-order chi connectivity index (χ0) is 21.1. The van der Waals surface area contributed by atoms with E-state index in [1.54, 1.807) is 0 Å². The Labute approximate surface area is 174 Å². The zero-order valence-electron chi connectivity index (χ0n) is 17.1. The molecule has 1 saturated heterocycles. The van der Waals surface area contributed by atoms with Gasteiger partial charge in [-0.2, -0.15) is 0 Å². The lowest BCUT2D eigenvalue weighted by atomic mass is 9.95. The molecule has 0 aromatic carbocycles. The van der Waals surface area contributed by atoms with Gasteiger partial charge in [0.2, 0.25) is 5.91 Å². The summed E-state index contributed by atoms with van der Waals surface area (Å²) in [7, 11) is 0. The van der Waals surface area contributed by atoms with E-state index in [0.717, 1.165) is 30.2 Å². The van der Waals surface area contributed by atoms with Gasteiger partial charge in [-0.3, -0.25) is 4.79 Å². The molecule has 2 N–H and O–H groups in total. The second kappa shape index (κ2) is 6.75. The van der Waals surface area contributed by atoms with Crippen LogP contribution in [0.15, 0.2) is 25.2 Å². The van der Waals surface area contributed by atoms with Gasteiger partial charge in [-0.1, -0.05) is 6.58 Å². The molecule has 160 valence electrons. The molecular formula is C22H27F2N5O. The smallest absolute Gasteiger partial charge is 0.254 e. The highest BCUT2D eigenvalue weighted by atomic mass is 19.3. The number of nitrogens with one attached hydrogen (secondary N) is 2. The molecule has 2 saturated carbocycles. The van der Waals surface area contributed by atoms with Gasteiger partial charge in [0, 0.05) is 36.7 Å². The first kappa shape index (κ1) is 19.5. The Morgan fingerprint density at radius 1 is 1.37 bits per heavy atom. The molecule has 0 unspecified atom stereocenters. The van der Waals surface area contributed by atoms with Crippen LogP contribution in [0.2, 0.25) is 0 Å². The lowest BCUT2D eigenvalue weighted by Gasteiger charge is -2.38. The van der Waals surface area contributed by atoms with Crippen LogP contribution in [0.4, 0.5) is 14.6 Å². The van der Waals surface area contributed by atoms with Gasteiger partial charge in [0.25, 0.3) is 5.92 Å². The van der Waals surface area contributed by atoms with Crippen molar-refractivity contribution in [3.8, 4) is 0 Å². The summed E-state index contributed by atoms with van der Waals surface area (Å²) in [5, 5.41) is 4.40. The van der Waals surface area contributed by atoms with Crippen LogP contribution >= 0.6 is 0 Å². The highest BCUT2D eigenvalue weighted by Crippen LogP contribution is 2.71. The Hall–Kier alpha value is -2.51. The number of halogens is 2. The molecule has 8 heteroatoms. The highest BCUT2D eigenvalue weighted by molar-refractivity contribution is 5.91. The van der Waals surface area contributed by atoms with E-state index in [-0.39, 0.29) is 30.3 Å². The lowest BCUT2D eigenvalue weighted by Crippen LogP contribution is -2.49. The first-order chi connectivity index (χ1) is 14.3. The Morgan fingerprint density at radius 2 is 2.17 bits per heavy atom. The molecule has 3 aliphatic rings. The van der Waals surface area contributed by atoms with Crippen molar-refractivity contribution in [3.63, 3.8) is 0 Å². The van der Waals surface area contributed by atoms with E-state index in [1.807, 2.05) is 18.0 Å². The summed E-state index contributed by atoms with van der Waals surface area (Å²) in [5.41, 5.74) is 0.945. The number of alkyl halides is 2. The Kier molecular flexibility index (Phi) is 4.38. The van der Waals surface area contributed by atoms with Gasteiger partial charge in [-0.05, 0) is 56.6 Å². The number of rotatable bonds is 4. The lowest BCUT2D eigenvalue weighted by molar-refractivity contribution is -0.129. The molecular weight excluding hydrogens is 388 g/mol. The molecule has 4 atom stereocenters. The maximum Gasteiger partial charge on any atom is 0.254 e. The highest BCUT2D eigenvalue weighted by Gasteiger charge is 2.72. The third-order valence-electron chi connectivity index (χ3n) is 7.44. The average molecular weight is 415 g/mol. The molecule has 2 aromatic heterocycles. The van der Waals surface area contributed by atoms with Crippen LogP contribution in [0.1, 0.15) is 56.9 Å². The van der Waals surface area contributed by atoms with E-state index in [2.05, 4.69) is 26.8 Å². The number of carbonyl (C=O) groups is 1. The number of amides is 1. The largest absolute Gasteiger partial charge is 0.365 e. The van der Waals surface area contributed by atoms with E-state index in [1.165, 1.54) is 12.4 Å². The number of anilines is 1. The normalized spacial score (nSPS) is 32.5. The van der Waals surface area contributed by atoms with Crippen molar-refractivity contribution in [2.45, 2.75) is 69.4 Å². The fourth-order valence-electron chi connectivity index (χ4n) is 5.53. The Bertz CT molecular complexity index is 1000. The number of H-pyrrole nitrogens is 1. The van der Waals surface area contributed by atoms with E-state index in [4.69, 9.17) is 0 Å². The summed E-state index contributed by atoms with van der Waals surface area (Å²) < 4.78 is 27.8. The molecule has 1 amide bonds. The predicted molar refractivity (Wildman–Crippen MR) is 110 cm³/mol. The third kappa shape index (κ3) is 2.99. The van der Waals surface area contributed by atoms with Gasteiger partial charge in [0.1, 0.15) is 17.8 Å². The van der Waals surface area contributed by atoms with E-state index in [9.17, 15) is 13.6 Å². The second-order valence-electron chi connectivity index (χ2n) is 9.25.